The summed E-state index contributed by atoms with van der Waals surface area (Å²) in [5.74, 6) is -0.0877. The summed E-state index contributed by atoms with van der Waals surface area (Å²) in [6.45, 7) is 0. The molecule has 0 aliphatic heterocycles. The third-order valence-electron chi connectivity index (χ3n) is 1.91. The molecule has 0 fully saturated rings. The van der Waals surface area contributed by atoms with Gasteiger partial charge in [-0.05, 0) is 23.8 Å². The van der Waals surface area contributed by atoms with Gasteiger partial charge in [-0.15, -0.1) is 11.6 Å². The Kier molecular flexibility index (Phi) is 4.37. The van der Waals surface area contributed by atoms with Gasteiger partial charge in [0.05, 0.1) is 23.6 Å². The van der Waals surface area contributed by atoms with Gasteiger partial charge in [0.1, 0.15) is 6.10 Å². The van der Waals surface area contributed by atoms with E-state index < -0.39 is 12.2 Å². The van der Waals surface area contributed by atoms with E-state index >= 15 is 0 Å². The molecule has 0 heterocycles. The quantitative estimate of drug-likeness (QED) is 0.800. The Hall–Kier alpha value is -0.790. The largest absolute Gasteiger partial charge is 0.389 e. The third kappa shape index (κ3) is 3.08. The van der Waals surface area contributed by atoms with E-state index in [-0.39, 0.29) is 5.88 Å². The lowest BCUT2D eigenvalue weighted by molar-refractivity contribution is 0.0327. The van der Waals surface area contributed by atoms with Crippen LogP contribution in [0.15, 0.2) is 18.2 Å². The van der Waals surface area contributed by atoms with Crippen LogP contribution in [-0.4, -0.2) is 22.2 Å². The number of alkyl halides is 1. The molecule has 1 aromatic rings. The zero-order valence-corrected chi connectivity index (χ0v) is 9.20. The van der Waals surface area contributed by atoms with Crippen molar-refractivity contribution in [1.82, 2.24) is 0 Å². The minimum Gasteiger partial charge on any atom is -0.389 e. The first-order valence-electron chi connectivity index (χ1n) is 4.21. The summed E-state index contributed by atoms with van der Waals surface area (Å²) < 4.78 is 0. The van der Waals surface area contributed by atoms with Crippen LogP contribution in [0.4, 0.5) is 0 Å². The van der Waals surface area contributed by atoms with Crippen LogP contribution < -0.4 is 0 Å². The lowest BCUT2D eigenvalue weighted by atomic mass is 10.0. The van der Waals surface area contributed by atoms with Crippen LogP contribution in [0.5, 0.6) is 0 Å². The normalized spacial score (nSPS) is 14.3. The van der Waals surface area contributed by atoms with Crippen molar-refractivity contribution in [3.8, 4) is 6.07 Å². The summed E-state index contributed by atoms with van der Waals surface area (Å²) in [5.41, 5.74) is 0.713. The van der Waals surface area contributed by atoms with Gasteiger partial charge in [0.2, 0.25) is 0 Å². The fourth-order valence-corrected chi connectivity index (χ4v) is 1.57. The van der Waals surface area contributed by atoms with Gasteiger partial charge in [-0.3, -0.25) is 0 Å². The number of hydrogen-bond donors (Lipinski definition) is 2. The summed E-state index contributed by atoms with van der Waals surface area (Å²) >= 11 is 11.1. The van der Waals surface area contributed by atoms with Gasteiger partial charge >= 0.3 is 0 Å². The van der Waals surface area contributed by atoms with Crippen molar-refractivity contribution in [1.29, 1.82) is 5.26 Å². The fraction of sp³-hybridized carbons (Fsp3) is 0.300. The molecule has 1 aromatic carbocycles. The molecule has 0 aliphatic rings. The molecule has 0 aliphatic carbocycles. The summed E-state index contributed by atoms with van der Waals surface area (Å²) in [4.78, 5) is 0. The molecule has 0 radical (unpaired) electrons. The molecule has 2 unspecified atom stereocenters. The molecule has 0 bridgehead atoms. The number of nitrogens with zero attached hydrogens (tertiary/aromatic N) is 1. The van der Waals surface area contributed by atoms with Crippen LogP contribution in [-0.2, 0) is 0 Å². The maximum absolute atomic E-state index is 9.63. The van der Waals surface area contributed by atoms with Gasteiger partial charge < -0.3 is 10.2 Å². The van der Waals surface area contributed by atoms with Gasteiger partial charge in [0, 0.05) is 5.02 Å². The SMILES string of the molecule is N#Cc1cc(Cl)cc(C(O)C(O)CCl)c1. The topological polar surface area (TPSA) is 64.2 Å². The molecule has 5 heteroatoms. The summed E-state index contributed by atoms with van der Waals surface area (Å²) in [6, 6.07) is 6.34. The Morgan fingerprint density at radius 3 is 2.53 bits per heavy atom. The van der Waals surface area contributed by atoms with E-state index in [1.165, 1.54) is 18.2 Å². The maximum Gasteiger partial charge on any atom is 0.106 e. The number of nitriles is 1. The average molecular weight is 246 g/mol. The van der Waals surface area contributed by atoms with E-state index in [2.05, 4.69) is 0 Å². The van der Waals surface area contributed by atoms with Crippen molar-refractivity contribution >= 4 is 23.2 Å². The van der Waals surface area contributed by atoms with Crippen LogP contribution >= 0.6 is 23.2 Å². The predicted molar refractivity (Wildman–Crippen MR) is 57.9 cm³/mol. The van der Waals surface area contributed by atoms with E-state index in [0.29, 0.717) is 16.1 Å². The minimum atomic E-state index is -1.13. The van der Waals surface area contributed by atoms with Gasteiger partial charge in [0.15, 0.2) is 0 Å². The molecule has 80 valence electrons. The lowest BCUT2D eigenvalue weighted by Gasteiger charge is -2.16. The lowest BCUT2D eigenvalue weighted by Crippen LogP contribution is -2.19. The second-order valence-electron chi connectivity index (χ2n) is 3.05. The van der Waals surface area contributed by atoms with Crippen molar-refractivity contribution < 1.29 is 10.2 Å². The van der Waals surface area contributed by atoms with Crippen LogP contribution in [0.25, 0.3) is 0 Å². The number of benzene rings is 1. The van der Waals surface area contributed by atoms with Crippen molar-refractivity contribution in [3.63, 3.8) is 0 Å². The number of halogens is 2. The van der Waals surface area contributed by atoms with E-state index in [1.54, 1.807) is 0 Å². The number of rotatable bonds is 3. The van der Waals surface area contributed by atoms with Crippen molar-refractivity contribution in [2.75, 3.05) is 5.88 Å². The highest BCUT2D eigenvalue weighted by Gasteiger charge is 2.18. The van der Waals surface area contributed by atoms with E-state index in [9.17, 15) is 10.2 Å². The molecular formula is C10H9Cl2NO2. The summed E-state index contributed by atoms with van der Waals surface area (Å²) in [5, 5.41) is 28.0. The number of aliphatic hydroxyl groups is 2. The Labute approximate surface area is 97.5 Å². The van der Waals surface area contributed by atoms with Crippen LogP contribution in [0, 0.1) is 11.3 Å². The molecule has 0 aromatic heterocycles. The smallest absolute Gasteiger partial charge is 0.106 e. The number of hydrogen-bond acceptors (Lipinski definition) is 3. The van der Waals surface area contributed by atoms with Crippen LogP contribution in [0.2, 0.25) is 5.02 Å². The Morgan fingerprint density at radius 2 is 2.00 bits per heavy atom. The molecule has 2 N–H and O–H groups in total. The number of aliphatic hydroxyl groups excluding tert-OH is 2. The summed E-state index contributed by atoms with van der Waals surface area (Å²) in [7, 11) is 0. The fourth-order valence-electron chi connectivity index (χ4n) is 1.15. The first-order chi connectivity index (χ1) is 7.08. The highest BCUT2D eigenvalue weighted by Crippen LogP contribution is 2.23. The summed E-state index contributed by atoms with van der Waals surface area (Å²) in [6.07, 6.45) is -2.20. The monoisotopic (exact) mass is 245 g/mol. The average Bonchev–Trinajstić information content (AvgIpc) is 2.26. The Bertz CT molecular complexity index is 389. The van der Waals surface area contributed by atoms with E-state index in [4.69, 9.17) is 28.5 Å². The molecular weight excluding hydrogens is 237 g/mol. The van der Waals surface area contributed by atoms with Gasteiger partial charge in [-0.2, -0.15) is 5.26 Å². The van der Waals surface area contributed by atoms with Crippen molar-refractivity contribution in [3.05, 3.63) is 34.3 Å². The Balaban J connectivity index is 3.04. The van der Waals surface area contributed by atoms with Gasteiger partial charge in [-0.1, -0.05) is 11.6 Å². The zero-order chi connectivity index (χ0) is 11.4. The van der Waals surface area contributed by atoms with Crippen molar-refractivity contribution in [2.24, 2.45) is 0 Å². The first kappa shape index (κ1) is 12.3. The second-order valence-corrected chi connectivity index (χ2v) is 3.80. The van der Waals surface area contributed by atoms with Gasteiger partial charge in [0.25, 0.3) is 0 Å². The molecule has 15 heavy (non-hydrogen) atoms. The molecule has 0 amide bonds. The third-order valence-corrected chi connectivity index (χ3v) is 2.45. The van der Waals surface area contributed by atoms with Crippen LogP contribution in [0.1, 0.15) is 17.2 Å². The molecule has 3 nitrogen and oxygen atoms in total. The van der Waals surface area contributed by atoms with Crippen LogP contribution in [0.3, 0.4) is 0 Å². The highest BCUT2D eigenvalue weighted by molar-refractivity contribution is 6.30. The second kappa shape index (κ2) is 5.34. The van der Waals surface area contributed by atoms with E-state index in [0.717, 1.165) is 0 Å². The molecule has 0 spiro atoms. The molecule has 2 atom stereocenters. The highest BCUT2D eigenvalue weighted by atomic mass is 35.5. The standard InChI is InChI=1S/C10H9Cl2NO2/c11-4-9(14)10(15)7-1-6(5-13)2-8(12)3-7/h1-3,9-10,14-15H,4H2. The predicted octanol–water partition coefficient (Wildman–Crippen LogP) is 1.84. The molecule has 1 rings (SSSR count). The maximum atomic E-state index is 9.63. The van der Waals surface area contributed by atoms with Gasteiger partial charge in [-0.25, -0.2) is 0 Å². The van der Waals surface area contributed by atoms with Crippen molar-refractivity contribution in [2.45, 2.75) is 12.2 Å². The Morgan fingerprint density at radius 1 is 1.33 bits per heavy atom. The molecule has 0 saturated heterocycles. The zero-order valence-electron chi connectivity index (χ0n) is 7.69. The first-order valence-corrected chi connectivity index (χ1v) is 5.12. The minimum absolute atomic E-state index is 0.0877. The van der Waals surface area contributed by atoms with E-state index in [1.807, 2.05) is 6.07 Å². The molecule has 0 saturated carbocycles.